The molecule has 0 unspecified atom stereocenters. The Kier molecular flexibility index (Phi) is 4.81. The summed E-state index contributed by atoms with van der Waals surface area (Å²) in [4.78, 5) is 44.1. The van der Waals surface area contributed by atoms with Crippen molar-refractivity contribution in [2.24, 2.45) is 0 Å². The molecule has 0 fully saturated rings. The number of amides is 1. The van der Waals surface area contributed by atoms with Gasteiger partial charge in [0.2, 0.25) is 0 Å². The molecule has 2 aromatic heterocycles. The Bertz CT molecular complexity index is 1360. The molecule has 2 aromatic carbocycles. The van der Waals surface area contributed by atoms with Gasteiger partial charge in [0, 0.05) is 17.4 Å². The maximum absolute atomic E-state index is 13.9. The van der Waals surface area contributed by atoms with Crippen LogP contribution < -0.4 is 16.6 Å². The van der Waals surface area contributed by atoms with E-state index < -0.39 is 23.0 Å². The Morgan fingerprint density at radius 2 is 2.03 bits per heavy atom. The van der Waals surface area contributed by atoms with Crippen LogP contribution in [0.2, 0.25) is 0 Å². The number of fused-ring (bicyclic) bond motifs is 1. The number of hydrogen-bond donors (Lipinski definition) is 2. The maximum atomic E-state index is 13.9. The number of halogens is 1. The molecule has 4 aromatic rings. The molecule has 0 atom stereocenters. The van der Waals surface area contributed by atoms with E-state index in [0.717, 1.165) is 26.0 Å². The number of aromatic nitrogens is 3. The van der Waals surface area contributed by atoms with Gasteiger partial charge in [-0.1, -0.05) is 18.2 Å². The molecular formula is C20H15FN4O3S. The highest BCUT2D eigenvalue weighted by Crippen LogP contribution is 2.24. The number of H-pyrrole nitrogens is 1. The second kappa shape index (κ2) is 7.44. The lowest BCUT2D eigenvalue weighted by molar-refractivity contribution is 0.102. The van der Waals surface area contributed by atoms with E-state index in [4.69, 9.17) is 0 Å². The van der Waals surface area contributed by atoms with Crippen molar-refractivity contribution in [3.8, 4) is 0 Å². The van der Waals surface area contributed by atoms with Gasteiger partial charge in [0.1, 0.15) is 11.4 Å². The largest absolute Gasteiger partial charge is 0.328 e. The molecule has 0 saturated heterocycles. The highest BCUT2D eigenvalue weighted by Gasteiger charge is 2.16. The third kappa shape index (κ3) is 3.72. The lowest BCUT2D eigenvalue weighted by Crippen LogP contribution is -2.39. The Labute approximate surface area is 167 Å². The van der Waals surface area contributed by atoms with Gasteiger partial charge in [-0.05, 0) is 31.2 Å². The van der Waals surface area contributed by atoms with Crippen LogP contribution in [0.15, 0.2) is 58.3 Å². The predicted molar refractivity (Wildman–Crippen MR) is 109 cm³/mol. The number of aryl methyl sites for hydroxylation is 1. The Hall–Kier alpha value is -3.59. The van der Waals surface area contributed by atoms with Crippen molar-refractivity contribution in [1.29, 1.82) is 0 Å². The Morgan fingerprint density at radius 3 is 2.83 bits per heavy atom. The summed E-state index contributed by atoms with van der Waals surface area (Å²) in [6.07, 6.45) is 1.06. The number of thiazole rings is 1. The van der Waals surface area contributed by atoms with Crippen LogP contribution in [0.25, 0.3) is 10.2 Å². The summed E-state index contributed by atoms with van der Waals surface area (Å²) < 4.78 is 15.7. The fraction of sp³-hybridized carbons (Fsp3) is 0.100. The molecule has 0 aliphatic carbocycles. The van der Waals surface area contributed by atoms with E-state index in [2.05, 4.69) is 15.3 Å². The van der Waals surface area contributed by atoms with E-state index in [0.29, 0.717) is 5.69 Å². The standard InChI is InChI=1S/C20H15FN4O3S/c1-11-23-16-8-13(6-7-17(16)29-11)24-18(26)14-9-22-20(28)25(19(14)27)10-12-4-2-3-5-15(12)21/h2-9H,10H2,1H3,(H,22,28)(H,24,26). The minimum absolute atomic E-state index is 0.169. The third-order valence-corrected chi connectivity index (χ3v) is 5.30. The van der Waals surface area contributed by atoms with Gasteiger partial charge >= 0.3 is 5.69 Å². The number of carbonyl (C=O) groups excluding carboxylic acids is 1. The molecule has 0 spiro atoms. The summed E-state index contributed by atoms with van der Waals surface area (Å²) in [6.45, 7) is 1.60. The Morgan fingerprint density at radius 1 is 1.24 bits per heavy atom. The summed E-state index contributed by atoms with van der Waals surface area (Å²) in [6, 6.07) is 11.1. The van der Waals surface area contributed by atoms with Crippen LogP contribution in [0, 0.1) is 12.7 Å². The SMILES string of the molecule is Cc1nc2cc(NC(=O)c3c[nH]c(=O)n(Cc4ccccc4F)c3=O)ccc2s1. The number of carbonyl (C=O) groups is 1. The van der Waals surface area contributed by atoms with E-state index in [9.17, 15) is 18.8 Å². The quantitative estimate of drug-likeness (QED) is 0.541. The van der Waals surface area contributed by atoms with E-state index in [1.165, 1.54) is 29.5 Å². The van der Waals surface area contributed by atoms with Gasteiger partial charge in [-0.3, -0.25) is 14.2 Å². The maximum Gasteiger partial charge on any atom is 0.328 e. The van der Waals surface area contributed by atoms with Crippen LogP contribution in [0.1, 0.15) is 20.9 Å². The summed E-state index contributed by atoms with van der Waals surface area (Å²) >= 11 is 1.54. The molecule has 0 saturated carbocycles. The molecule has 0 radical (unpaired) electrons. The Balaban J connectivity index is 1.65. The van der Waals surface area contributed by atoms with Crippen molar-refractivity contribution in [2.45, 2.75) is 13.5 Å². The number of benzene rings is 2. The lowest BCUT2D eigenvalue weighted by Gasteiger charge is -2.09. The van der Waals surface area contributed by atoms with E-state index in [1.54, 1.807) is 18.2 Å². The fourth-order valence-corrected chi connectivity index (χ4v) is 3.74. The minimum Gasteiger partial charge on any atom is -0.322 e. The average molecular weight is 410 g/mol. The minimum atomic E-state index is -0.805. The van der Waals surface area contributed by atoms with E-state index in [1.807, 2.05) is 13.0 Å². The van der Waals surface area contributed by atoms with Crippen LogP contribution in [0.4, 0.5) is 10.1 Å². The number of rotatable bonds is 4. The molecule has 0 aliphatic heterocycles. The van der Waals surface area contributed by atoms with Crippen molar-refractivity contribution in [3.63, 3.8) is 0 Å². The number of aromatic amines is 1. The first-order chi connectivity index (χ1) is 13.9. The molecule has 146 valence electrons. The zero-order chi connectivity index (χ0) is 20.5. The van der Waals surface area contributed by atoms with Crippen LogP contribution in [0.5, 0.6) is 0 Å². The smallest absolute Gasteiger partial charge is 0.322 e. The molecule has 0 bridgehead atoms. The first kappa shape index (κ1) is 18.8. The summed E-state index contributed by atoms with van der Waals surface area (Å²) in [7, 11) is 0. The summed E-state index contributed by atoms with van der Waals surface area (Å²) in [5.74, 6) is -1.22. The molecule has 7 nitrogen and oxygen atoms in total. The summed E-state index contributed by atoms with van der Waals surface area (Å²) in [5.41, 5.74) is -0.408. The second-order valence-electron chi connectivity index (χ2n) is 6.36. The number of anilines is 1. The molecule has 0 aliphatic rings. The van der Waals surface area contributed by atoms with Crippen LogP contribution >= 0.6 is 11.3 Å². The first-order valence-electron chi connectivity index (χ1n) is 8.67. The van der Waals surface area contributed by atoms with Crippen molar-refractivity contribution < 1.29 is 9.18 Å². The van der Waals surface area contributed by atoms with Gasteiger partial charge in [-0.25, -0.2) is 14.2 Å². The lowest BCUT2D eigenvalue weighted by atomic mass is 10.2. The molecule has 2 N–H and O–H groups in total. The zero-order valence-electron chi connectivity index (χ0n) is 15.2. The third-order valence-electron chi connectivity index (χ3n) is 4.34. The van der Waals surface area contributed by atoms with Crippen LogP contribution in [0.3, 0.4) is 0 Å². The van der Waals surface area contributed by atoms with Crippen molar-refractivity contribution >= 4 is 33.1 Å². The topological polar surface area (TPSA) is 96.8 Å². The van der Waals surface area contributed by atoms with E-state index in [-0.39, 0.29) is 17.7 Å². The van der Waals surface area contributed by atoms with Crippen molar-refractivity contribution in [1.82, 2.24) is 14.5 Å². The molecule has 1 amide bonds. The predicted octanol–water partition coefficient (Wildman–Crippen LogP) is 2.89. The molecule has 4 rings (SSSR count). The van der Waals surface area contributed by atoms with Crippen molar-refractivity contribution in [3.05, 3.63) is 91.5 Å². The van der Waals surface area contributed by atoms with Crippen LogP contribution in [-0.4, -0.2) is 20.4 Å². The highest BCUT2D eigenvalue weighted by atomic mass is 32.1. The molecule has 29 heavy (non-hydrogen) atoms. The average Bonchev–Trinajstić information content (AvgIpc) is 3.05. The second-order valence-corrected chi connectivity index (χ2v) is 7.59. The van der Waals surface area contributed by atoms with Gasteiger partial charge in [-0.2, -0.15) is 0 Å². The molecule has 2 heterocycles. The summed E-state index contributed by atoms with van der Waals surface area (Å²) in [5, 5.41) is 3.54. The van der Waals surface area contributed by atoms with Gasteiger partial charge in [0.25, 0.3) is 11.5 Å². The van der Waals surface area contributed by atoms with E-state index >= 15 is 0 Å². The molecular weight excluding hydrogens is 395 g/mol. The van der Waals surface area contributed by atoms with Gasteiger partial charge < -0.3 is 10.3 Å². The van der Waals surface area contributed by atoms with Gasteiger partial charge in [0.15, 0.2) is 0 Å². The highest BCUT2D eigenvalue weighted by molar-refractivity contribution is 7.18. The zero-order valence-corrected chi connectivity index (χ0v) is 16.0. The number of nitrogens with one attached hydrogen (secondary N) is 2. The number of hydrogen-bond acceptors (Lipinski definition) is 5. The fourth-order valence-electron chi connectivity index (χ4n) is 2.93. The molecule has 9 heteroatoms. The van der Waals surface area contributed by atoms with Crippen molar-refractivity contribution in [2.75, 3.05) is 5.32 Å². The normalized spacial score (nSPS) is 11.0. The first-order valence-corrected chi connectivity index (χ1v) is 9.48. The van der Waals surface area contributed by atoms with Gasteiger partial charge in [0.05, 0.1) is 21.8 Å². The monoisotopic (exact) mass is 410 g/mol. The number of nitrogens with zero attached hydrogens (tertiary/aromatic N) is 2. The van der Waals surface area contributed by atoms with Gasteiger partial charge in [-0.15, -0.1) is 11.3 Å². The van der Waals surface area contributed by atoms with Crippen LogP contribution in [-0.2, 0) is 6.54 Å².